The van der Waals surface area contributed by atoms with Crippen molar-refractivity contribution >= 4 is 33.5 Å². The van der Waals surface area contributed by atoms with Crippen LogP contribution in [0.15, 0.2) is 34.9 Å². The number of alkyl halides is 3. The Balaban J connectivity index is 1.76. The minimum absolute atomic E-state index is 0.0268. The monoisotopic (exact) mass is 459 g/mol. The number of benzene rings is 1. The zero-order valence-corrected chi connectivity index (χ0v) is 16.6. The number of nitrogens with one attached hydrogen (secondary N) is 2. The van der Waals surface area contributed by atoms with Crippen LogP contribution in [0.4, 0.5) is 29.5 Å². The molecule has 1 aliphatic heterocycles. The Hall–Kier alpha value is -2.33. The summed E-state index contributed by atoms with van der Waals surface area (Å²) in [5, 5.41) is 4.85. The normalized spacial score (nSPS) is 15.5. The van der Waals surface area contributed by atoms with E-state index in [0.717, 1.165) is 16.1 Å². The second-order valence-electron chi connectivity index (χ2n) is 6.65. The van der Waals surface area contributed by atoms with Crippen molar-refractivity contribution in [1.82, 2.24) is 4.98 Å². The molecule has 1 aromatic heterocycles. The number of aromatic nitrogens is 1. The third-order valence-corrected chi connectivity index (χ3v) is 4.83. The molecule has 0 spiro atoms. The Morgan fingerprint density at radius 3 is 2.57 bits per heavy atom. The summed E-state index contributed by atoms with van der Waals surface area (Å²) in [5.41, 5.74) is -0.950. The van der Waals surface area contributed by atoms with Gasteiger partial charge in [-0.05, 0) is 59.6 Å². The van der Waals surface area contributed by atoms with Gasteiger partial charge in [0.25, 0.3) is 0 Å². The molecule has 2 aromatic rings. The van der Waals surface area contributed by atoms with E-state index in [-0.39, 0.29) is 30.5 Å². The standard InChI is InChI=1S/C18H17BrF3N3O3/c1-10-5-15(23-7-13(10)19)25-16(26)24-11-3-4-14(12(6-11)18(20,21)22)28-17(2)8-27-9-17/h3-7H,8-9H2,1-2H3,(H2,23,24,25,26). The number of urea groups is 1. The third-order valence-electron chi connectivity index (χ3n) is 4.00. The summed E-state index contributed by atoms with van der Waals surface area (Å²) in [7, 11) is 0. The Bertz CT molecular complexity index is 901. The van der Waals surface area contributed by atoms with Crippen molar-refractivity contribution in [2.75, 3.05) is 23.8 Å². The highest BCUT2D eigenvalue weighted by Gasteiger charge is 2.40. The van der Waals surface area contributed by atoms with Gasteiger partial charge in [0.1, 0.15) is 11.6 Å². The SMILES string of the molecule is Cc1cc(NC(=O)Nc2ccc(OC3(C)COC3)c(C(F)(F)F)c2)ncc1Br. The molecule has 1 aliphatic rings. The first-order valence-electron chi connectivity index (χ1n) is 8.24. The highest BCUT2D eigenvalue weighted by atomic mass is 79.9. The second-order valence-corrected chi connectivity index (χ2v) is 7.51. The predicted octanol–water partition coefficient (Wildman–Crippen LogP) is 4.98. The highest BCUT2D eigenvalue weighted by Crippen LogP contribution is 2.40. The number of hydrogen-bond acceptors (Lipinski definition) is 4. The quantitative estimate of drug-likeness (QED) is 0.675. The van der Waals surface area contributed by atoms with Gasteiger partial charge < -0.3 is 14.8 Å². The largest absolute Gasteiger partial charge is 0.482 e. The maximum atomic E-state index is 13.4. The van der Waals surface area contributed by atoms with Crippen LogP contribution < -0.4 is 15.4 Å². The van der Waals surface area contributed by atoms with Crippen molar-refractivity contribution in [2.24, 2.45) is 0 Å². The van der Waals surface area contributed by atoms with E-state index in [1.165, 1.54) is 18.3 Å². The molecule has 0 aliphatic carbocycles. The first-order chi connectivity index (χ1) is 13.1. The molecule has 28 heavy (non-hydrogen) atoms. The summed E-state index contributed by atoms with van der Waals surface area (Å²) >= 11 is 3.30. The number of rotatable bonds is 4. The fourth-order valence-corrected chi connectivity index (χ4v) is 2.74. The summed E-state index contributed by atoms with van der Waals surface area (Å²) in [4.78, 5) is 16.1. The molecule has 0 bridgehead atoms. The van der Waals surface area contributed by atoms with E-state index in [4.69, 9.17) is 9.47 Å². The first-order valence-corrected chi connectivity index (χ1v) is 9.03. The molecule has 1 saturated heterocycles. The van der Waals surface area contributed by atoms with Gasteiger partial charge in [-0.15, -0.1) is 0 Å². The first kappa shape index (κ1) is 20.4. The van der Waals surface area contributed by atoms with Crippen LogP contribution in [0.5, 0.6) is 5.75 Å². The maximum absolute atomic E-state index is 13.4. The predicted molar refractivity (Wildman–Crippen MR) is 101 cm³/mol. The lowest BCUT2D eigenvalue weighted by Gasteiger charge is -2.38. The molecule has 0 atom stereocenters. The topological polar surface area (TPSA) is 72.5 Å². The van der Waals surface area contributed by atoms with E-state index >= 15 is 0 Å². The molecule has 0 saturated carbocycles. The van der Waals surface area contributed by atoms with Crippen LogP contribution in [0, 0.1) is 6.92 Å². The molecule has 6 nitrogen and oxygen atoms in total. The van der Waals surface area contributed by atoms with Gasteiger partial charge >= 0.3 is 12.2 Å². The van der Waals surface area contributed by atoms with Crippen LogP contribution in [0.3, 0.4) is 0 Å². The minimum atomic E-state index is -4.64. The zero-order valence-electron chi connectivity index (χ0n) is 15.0. The van der Waals surface area contributed by atoms with Crippen LogP contribution in [0.2, 0.25) is 0 Å². The number of aryl methyl sites for hydroxylation is 1. The molecule has 150 valence electrons. The smallest absolute Gasteiger partial charge is 0.420 e. The molecule has 0 radical (unpaired) electrons. The van der Waals surface area contributed by atoms with Crippen LogP contribution in [0.1, 0.15) is 18.1 Å². The van der Waals surface area contributed by atoms with Crippen molar-refractivity contribution in [3.63, 3.8) is 0 Å². The Kier molecular flexibility index (Phi) is 5.53. The van der Waals surface area contributed by atoms with E-state index in [0.29, 0.717) is 0 Å². The van der Waals surface area contributed by atoms with Crippen molar-refractivity contribution in [3.05, 3.63) is 46.1 Å². The van der Waals surface area contributed by atoms with Gasteiger partial charge in [0, 0.05) is 16.4 Å². The molecule has 1 fully saturated rings. The Labute approximate surface area is 167 Å². The van der Waals surface area contributed by atoms with Crippen LogP contribution in [-0.2, 0) is 10.9 Å². The van der Waals surface area contributed by atoms with Crippen LogP contribution >= 0.6 is 15.9 Å². The van der Waals surface area contributed by atoms with E-state index < -0.39 is 23.4 Å². The lowest BCUT2D eigenvalue weighted by Crippen LogP contribution is -2.51. The average Bonchev–Trinajstić information content (AvgIpc) is 2.57. The average molecular weight is 460 g/mol. The van der Waals surface area contributed by atoms with Gasteiger partial charge in [-0.2, -0.15) is 13.2 Å². The van der Waals surface area contributed by atoms with Gasteiger partial charge in [0.15, 0.2) is 5.60 Å². The van der Waals surface area contributed by atoms with Crippen molar-refractivity contribution < 1.29 is 27.4 Å². The van der Waals surface area contributed by atoms with Gasteiger partial charge in [-0.25, -0.2) is 9.78 Å². The number of anilines is 2. The molecule has 10 heteroatoms. The van der Waals surface area contributed by atoms with Crippen molar-refractivity contribution in [2.45, 2.75) is 25.6 Å². The molecular weight excluding hydrogens is 443 g/mol. The fourth-order valence-electron chi connectivity index (χ4n) is 2.52. The maximum Gasteiger partial charge on any atom is 0.420 e. The number of amides is 2. The van der Waals surface area contributed by atoms with Gasteiger partial charge in [0.05, 0.1) is 18.8 Å². The summed E-state index contributed by atoms with van der Waals surface area (Å²) in [6.07, 6.45) is -3.13. The third kappa shape index (κ3) is 4.74. The number of carbonyl (C=O) groups excluding carboxylic acids is 1. The second kappa shape index (κ2) is 7.59. The minimum Gasteiger partial charge on any atom is -0.482 e. The van der Waals surface area contributed by atoms with E-state index in [1.807, 2.05) is 6.92 Å². The number of ether oxygens (including phenoxy) is 2. The summed E-state index contributed by atoms with van der Waals surface area (Å²) in [5.74, 6) is -0.0402. The molecule has 3 rings (SSSR count). The number of halogens is 4. The summed E-state index contributed by atoms with van der Waals surface area (Å²) in [6, 6.07) is 4.27. The number of pyridine rings is 1. The summed E-state index contributed by atoms with van der Waals surface area (Å²) in [6.45, 7) is 3.92. The van der Waals surface area contributed by atoms with Crippen LogP contribution in [0.25, 0.3) is 0 Å². The molecule has 0 unspecified atom stereocenters. The van der Waals surface area contributed by atoms with Crippen molar-refractivity contribution in [1.29, 1.82) is 0 Å². The molecule has 1 aromatic carbocycles. The van der Waals surface area contributed by atoms with Crippen LogP contribution in [-0.4, -0.2) is 29.8 Å². The fraction of sp³-hybridized carbons (Fsp3) is 0.333. The van der Waals surface area contributed by atoms with Gasteiger partial charge in [0.2, 0.25) is 0 Å². The molecule has 2 N–H and O–H groups in total. The van der Waals surface area contributed by atoms with E-state index in [1.54, 1.807) is 13.0 Å². The lowest BCUT2D eigenvalue weighted by atomic mass is 10.0. The number of nitrogens with zero attached hydrogens (tertiary/aromatic N) is 1. The zero-order chi connectivity index (χ0) is 20.5. The molecule has 2 amide bonds. The van der Waals surface area contributed by atoms with Gasteiger partial charge in [-0.3, -0.25) is 5.32 Å². The lowest BCUT2D eigenvalue weighted by molar-refractivity contribution is -0.160. The van der Waals surface area contributed by atoms with E-state index in [9.17, 15) is 18.0 Å². The number of hydrogen-bond donors (Lipinski definition) is 2. The Morgan fingerprint density at radius 2 is 2.00 bits per heavy atom. The van der Waals surface area contributed by atoms with Crippen molar-refractivity contribution in [3.8, 4) is 5.75 Å². The van der Waals surface area contributed by atoms with E-state index in [2.05, 4.69) is 31.5 Å². The Morgan fingerprint density at radius 1 is 1.29 bits per heavy atom. The van der Waals surface area contributed by atoms with Gasteiger partial charge in [-0.1, -0.05) is 0 Å². The number of carbonyl (C=O) groups is 1. The summed E-state index contributed by atoms with van der Waals surface area (Å²) < 4.78 is 51.6. The molecular formula is C18H17BrF3N3O3. The highest BCUT2D eigenvalue weighted by molar-refractivity contribution is 9.10. The molecule has 2 heterocycles.